The predicted molar refractivity (Wildman–Crippen MR) is 90.3 cm³/mol. The van der Waals surface area contributed by atoms with Crippen LogP contribution >= 0.6 is 0 Å². The van der Waals surface area contributed by atoms with E-state index in [9.17, 15) is 13.6 Å². The number of pyridine rings is 1. The van der Waals surface area contributed by atoms with Crippen LogP contribution in [0.25, 0.3) is 16.9 Å². The number of aldehydes is 1. The molecule has 2 aromatic heterocycles. The third-order valence-corrected chi connectivity index (χ3v) is 4.33. The van der Waals surface area contributed by atoms with Crippen molar-refractivity contribution in [1.29, 1.82) is 0 Å². The molecule has 4 rings (SSSR count). The van der Waals surface area contributed by atoms with Gasteiger partial charge in [0.2, 0.25) is 0 Å². The Hall–Kier alpha value is -2.83. The number of hydrogen-bond donors (Lipinski definition) is 1. The Balaban J connectivity index is 1.95. The van der Waals surface area contributed by atoms with E-state index in [1.165, 1.54) is 4.57 Å². The number of rotatable bonds is 3. The van der Waals surface area contributed by atoms with Crippen LogP contribution in [0.3, 0.4) is 0 Å². The summed E-state index contributed by atoms with van der Waals surface area (Å²) >= 11 is 0. The third kappa shape index (κ3) is 2.56. The van der Waals surface area contributed by atoms with Crippen molar-refractivity contribution in [2.45, 2.75) is 32.2 Å². The minimum Gasteiger partial charge on any atom is -0.375 e. The van der Waals surface area contributed by atoms with E-state index in [1.807, 2.05) is 13.0 Å². The highest BCUT2D eigenvalue weighted by molar-refractivity contribution is 5.76. The molecule has 1 unspecified atom stereocenters. The highest BCUT2D eigenvalue weighted by atomic mass is 19.3. The number of carbonyl (C=O) groups excluding carboxylic acids is 1. The average molecular weight is 342 g/mol. The number of anilines is 1. The number of nitrogens with zero attached hydrogens (tertiary/aromatic N) is 3. The Morgan fingerprint density at radius 2 is 2.08 bits per heavy atom. The van der Waals surface area contributed by atoms with Gasteiger partial charge >= 0.3 is 5.92 Å². The lowest BCUT2D eigenvalue weighted by molar-refractivity contribution is -0.108. The van der Waals surface area contributed by atoms with E-state index >= 15 is 0 Å². The Morgan fingerprint density at radius 3 is 2.80 bits per heavy atom. The minimum atomic E-state index is -3.11. The molecule has 3 heterocycles. The standard InChI is InChI=1S/C18H16F2N4O/c1-10-3-5-15-16(21-10)24(17(23-15)18(2,19)20)13-4-6-14-11(8-13)7-12(9-25)22-14/h3-6,8-9,12,22H,7H2,1-2H3. The van der Waals surface area contributed by atoms with Crippen LogP contribution in [0.5, 0.6) is 0 Å². The van der Waals surface area contributed by atoms with Gasteiger partial charge in [-0.2, -0.15) is 8.78 Å². The van der Waals surface area contributed by atoms with E-state index in [2.05, 4.69) is 15.3 Å². The van der Waals surface area contributed by atoms with Crippen LogP contribution in [-0.2, 0) is 17.1 Å². The number of fused-ring (bicyclic) bond motifs is 2. The van der Waals surface area contributed by atoms with Gasteiger partial charge in [-0.1, -0.05) is 0 Å². The fraction of sp³-hybridized carbons (Fsp3) is 0.278. The zero-order valence-corrected chi connectivity index (χ0v) is 13.8. The number of aryl methyl sites for hydroxylation is 1. The number of alkyl halides is 2. The molecule has 1 atom stereocenters. The molecule has 7 heteroatoms. The molecule has 1 aromatic carbocycles. The molecule has 1 aliphatic heterocycles. The molecule has 0 spiro atoms. The maximum atomic E-state index is 14.2. The van der Waals surface area contributed by atoms with Crippen LogP contribution in [0.4, 0.5) is 14.5 Å². The normalized spacial score (nSPS) is 16.7. The van der Waals surface area contributed by atoms with Gasteiger partial charge in [0.1, 0.15) is 11.8 Å². The molecule has 0 saturated carbocycles. The number of hydrogen-bond acceptors (Lipinski definition) is 4. The van der Waals surface area contributed by atoms with Crippen LogP contribution in [0.2, 0.25) is 0 Å². The third-order valence-electron chi connectivity index (χ3n) is 4.33. The van der Waals surface area contributed by atoms with Gasteiger partial charge in [-0.25, -0.2) is 9.97 Å². The molecule has 1 N–H and O–H groups in total. The zero-order chi connectivity index (χ0) is 17.8. The van der Waals surface area contributed by atoms with Gasteiger partial charge in [-0.3, -0.25) is 4.57 Å². The maximum Gasteiger partial charge on any atom is 0.302 e. The number of halogens is 2. The van der Waals surface area contributed by atoms with Crippen molar-refractivity contribution in [3.8, 4) is 5.69 Å². The summed E-state index contributed by atoms with van der Waals surface area (Å²) in [4.78, 5) is 19.5. The van der Waals surface area contributed by atoms with Crippen LogP contribution in [0, 0.1) is 6.92 Å². The van der Waals surface area contributed by atoms with Crippen molar-refractivity contribution in [2.75, 3.05) is 5.32 Å². The van der Waals surface area contributed by atoms with E-state index < -0.39 is 5.92 Å². The van der Waals surface area contributed by atoms with Crippen LogP contribution in [-0.4, -0.2) is 26.9 Å². The molecule has 128 valence electrons. The lowest BCUT2D eigenvalue weighted by Gasteiger charge is -2.14. The molecular weight excluding hydrogens is 326 g/mol. The SMILES string of the molecule is Cc1ccc2nc(C(C)(F)F)n(-c3ccc4c(c3)CC(C=O)N4)c2n1. The second-order valence-corrected chi connectivity index (χ2v) is 6.39. The van der Waals surface area contributed by atoms with Crippen LogP contribution in [0.15, 0.2) is 30.3 Å². The van der Waals surface area contributed by atoms with E-state index in [1.54, 1.807) is 24.3 Å². The first kappa shape index (κ1) is 15.7. The van der Waals surface area contributed by atoms with Crippen molar-refractivity contribution in [3.63, 3.8) is 0 Å². The van der Waals surface area contributed by atoms with Crippen molar-refractivity contribution in [2.24, 2.45) is 0 Å². The topological polar surface area (TPSA) is 59.8 Å². The monoisotopic (exact) mass is 342 g/mol. The number of benzene rings is 1. The number of imidazole rings is 1. The van der Waals surface area contributed by atoms with Gasteiger partial charge in [0.15, 0.2) is 11.5 Å². The summed E-state index contributed by atoms with van der Waals surface area (Å²) in [6.07, 6.45) is 1.38. The number of nitrogens with one attached hydrogen (secondary N) is 1. The van der Waals surface area contributed by atoms with Gasteiger partial charge in [0, 0.05) is 30.4 Å². The Morgan fingerprint density at radius 1 is 1.28 bits per heavy atom. The highest BCUT2D eigenvalue weighted by Crippen LogP contribution is 2.34. The molecule has 1 aliphatic rings. The van der Waals surface area contributed by atoms with E-state index in [4.69, 9.17) is 0 Å². The summed E-state index contributed by atoms with van der Waals surface area (Å²) in [5.41, 5.74) is 3.86. The average Bonchev–Trinajstić information content (AvgIpc) is 3.13. The predicted octanol–water partition coefficient (Wildman–Crippen LogP) is 3.38. The summed E-state index contributed by atoms with van der Waals surface area (Å²) in [5, 5.41) is 3.09. The Kier molecular flexibility index (Phi) is 3.35. The van der Waals surface area contributed by atoms with E-state index in [0.29, 0.717) is 23.3 Å². The lowest BCUT2D eigenvalue weighted by Crippen LogP contribution is -2.16. The molecule has 3 aromatic rings. The second-order valence-electron chi connectivity index (χ2n) is 6.39. The van der Waals surface area contributed by atoms with Crippen molar-refractivity contribution in [3.05, 3.63) is 47.4 Å². The van der Waals surface area contributed by atoms with Crippen LogP contribution < -0.4 is 5.32 Å². The number of aromatic nitrogens is 3. The summed E-state index contributed by atoms with van der Waals surface area (Å²) in [6, 6.07) is 8.51. The maximum absolute atomic E-state index is 14.2. The molecule has 0 radical (unpaired) electrons. The quantitative estimate of drug-likeness (QED) is 0.742. The largest absolute Gasteiger partial charge is 0.375 e. The second kappa shape index (κ2) is 5.34. The van der Waals surface area contributed by atoms with Gasteiger partial charge < -0.3 is 10.1 Å². The Labute approximate surface area is 142 Å². The van der Waals surface area contributed by atoms with Crippen molar-refractivity contribution in [1.82, 2.24) is 14.5 Å². The first-order chi connectivity index (χ1) is 11.9. The molecule has 25 heavy (non-hydrogen) atoms. The molecular formula is C18H16F2N4O. The van der Waals surface area contributed by atoms with Gasteiger partial charge in [0.05, 0.1) is 6.04 Å². The highest BCUT2D eigenvalue weighted by Gasteiger charge is 2.33. The minimum absolute atomic E-state index is 0.280. The smallest absolute Gasteiger partial charge is 0.302 e. The van der Waals surface area contributed by atoms with Gasteiger partial charge in [0.25, 0.3) is 0 Å². The van der Waals surface area contributed by atoms with E-state index in [0.717, 1.165) is 30.2 Å². The van der Waals surface area contributed by atoms with Crippen molar-refractivity contribution < 1.29 is 13.6 Å². The summed E-state index contributed by atoms with van der Waals surface area (Å²) < 4.78 is 29.7. The molecule has 0 fully saturated rings. The summed E-state index contributed by atoms with van der Waals surface area (Å²) in [6.45, 7) is 2.64. The first-order valence-corrected chi connectivity index (χ1v) is 7.96. The molecule has 0 amide bonds. The molecule has 0 aliphatic carbocycles. The van der Waals surface area contributed by atoms with Gasteiger partial charge in [-0.15, -0.1) is 0 Å². The molecule has 5 nitrogen and oxygen atoms in total. The van der Waals surface area contributed by atoms with Gasteiger partial charge in [-0.05, 0) is 42.8 Å². The lowest BCUT2D eigenvalue weighted by atomic mass is 10.1. The molecule has 0 bridgehead atoms. The fourth-order valence-electron chi connectivity index (χ4n) is 3.19. The fourth-order valence-corrected chi connectivity index (χ4v) is 3.19. The van der Waals surface area contributed by atoms with E-state index in [-0.39, 0.29) is 11.9 Å². The zero-order valence-electron chi connectivity index (χ0n) is 13.8. The summed E-state index contributed by atoms with van der Waals surface area (Å²) in [5.74, 6) is -3.46. The Bertz CT molecular complexity index is 991. The number of carbonyl (C=O) groups is 1. The summed E-state index contributed by atoms with van der Waals surface area (Å²) in [7, 11) is 0. The first-order valence-electron chi connectivity index (χ1n) is 7.96. The van der Waals surface area contributed by atoms with Crippen LogP contribution in [0.1, 0.15) is 24.0 Å². The van der Waals surface area contributed by atoms with Crippen molar-refractivity contribution >= 4 is 23.1 Å². The molecule has 0 saturated heterocycles.